The van der Waals surface area contributed by atoms with Gasteiger partial charge >= 0.3 is 0 Å². The number of halogens is 1. The first-order valence-corrected chi connectivity index (χ1v) is 11.1. The Kier molecular flexibility index (Phi) is 6.65. The van der Waals surface area contributed by atoms with Gasteiger partial charge in [0.25, 0.3) is 0 Å². The van der Waals surface area contributed by atoms with Crippen molar-refractivity contribution in [2.45, 2.75) is 44.9 Å². The third-order valence-electron chi connectivity index (χ3n) is 6.41. The van der Waals surface area contributed by atoms with E-state index in [1.807, 2.05) is 18.2 Å². The summed E-state index contributed by atoms with van der Waals surface area (Å²) in [5.74, 6) is 8.04. The molecule has 1 heteroatoms. The normalized spacial score (nSPS) is 18.6. The molecule has 0 atom stereocenters. The highest BCUT2D eigenvalue weighted by Crippen LogP contribution is 2.33. The molecule has 0 heterocycles. The van der Waals surface area contributed by atoms with Gasteiger partial charge in [0.05, 0.1) is 0 Å². The second kappa shape index (κ2) is 9.77. The SMILES string of the molecule is C=CCC1CCC(CCc2ccc(C#Cc3ccc4cc(F)ccc4c3)cc2)CC1. The summed E-state index contributed by atoms with van der Waals surface area (Å²) >= 11 is 0. The third-order valence-corrected chi connectivity index (χ3v) is 6.41. The van der Waals surface area contributed by atoms with Gasteiger partial charge < -0.3 is 0 Å². The summed E-state index contributed by atoms with van der Waals surface area (Å²) in [6, 6.07) is 19.4. The van der Waals surface area contributed by atoms with E-state index in [2.05, 4.69) is 48.8 Å². The van der Waals surface area contributed by atoms with Crippen molar-refractivity contribution in [2.75, 3.05) is 0 Å². The van der Waals surface area contributed by atoms with E-state index in [1.54, 1.807) is 12.1 Å². The van der Waals surface area contributed by atoms with E-state index in [1.165, 1.54) is 50.2 Å². The van der Waals surface area contributed by atoms with Gasteiger partial charge in [-0.3, -0.25) is 0 Å². The molecule has 0 aromatic heterocycles. The lowest BCUT2D eigenvalue weighted by Gasteiger charge is -2.27. The highest BCUT2D eigenvalue weighted by atomic mass is 19.1. The summed E-state index contributed by atoms with van der Waals surface area (Å²) in [5, 5.41) is 1.91. The zero-order chi connectivity index (χ0) is 20.8. The predicted molar refractivity (Wildman–Crippen MR) is 125 cm³/mol. The van der Waals surface area contributed by atoms with Crippen LogP contribution < -0.4 is 0 Å². The summed E-state index contributed by atoms with van der Waals surface area (Å²) in [6.45, 7) is 3.88. The molecule has 1 fully saturated rings. The molecule has 152 valence electrons. The lowest BCUT2D eigenvalue weighted by Crippen LogP contribution is -2.14. The number of benzene rings is 3. The van der Waals surface area contributed by atoms with Crippen molar-refractivity contribution in [3.63, 3.8) is 0 Å². The molecule has 0 saturated heterocycles. The van der Waals surface area contributed by atoms with Gasteiger partial charge in [0.2, 0.25) is 0 Å². The Morgan fingerprint density at radius 1 is 0.800 bits per heavy atom. The van der Waals surface area contributed by atoms with Gasteiger partial charge in [-0.15, -0.1) is 6.58 Å². The van der Waals surface area contributed by atoms with Crippen LogP contribution in [0.2, 0.25) is 0 Å². The maximum atomic E-state index is 13.3. The Bertz CT molecular complexity index is 1060. The van der Waals surface area contributed by atoms with Crippen LogP contribution in [0, 0.1) is 29.5 Å². The Labute approximate surface area is 179 Å². The van der Waals surface area contributed by atoms with Crippen LogP contribution >= 0.6 is 0 Å². The molecule has 0 bridgehead atoms. The topological polar surface area (TPSA) is 0 Å². The molecule has 0 radical (unpaired) electrons. The lowest BCUT2D eigenvalue weighted by molar-refractivity contribution is 0.265. The molecule has 0 amide bonds. The van der Waals surface area contributed by atoms with Crippen molar-refractivity contribution in [3.8, 4) is 11.8 Å². The Balaban J connectivity index is 1.32. The predicted octanol–water partition coefficient (Wildman–Crippen LogP) is 7.69. The van der Waals surface area contributed by atoms with Crippen LogP contribution in [0.3, 0.4) is 0 Å². The summed E-state index contributed by atoms with van der Waals surface area (Å²) in [5.41, 5.74) is 3.38. The Hall–Kier alpha value is -2.85. The van der Waals surface area contributed by atoms with Crippen LogP contribution in [0.5, 0.6) is 0 Å². The summed E-state index contributed by atoms with van der Waals surface area (Å²) in [4.78, 5) is 0. The average molecular weight is 397 g/mol. The molecule has 0 unspecified atom stereocenters. The van der Waals surface area contributed by atoms with Crippen molar-refractivity contribution in [2.24, 2.45) is 11.8 Å². The Morgan fingerprint density at radius 2 is 1.43 bits per heavy atom. The number of fused-ring (bicyclic) bond motifs is 1. The monoisotopic (exact) mass is 396 g/mol. The minimum atomic E-state index is -0.207. The molecular weight excluding hydrogens is 367 g/mol. The maximum Gasteiger partial charge on any atom is 0.123 e. The van der Waals surface area contributed by atoms with Crippen LogP contribution in [0.4, 0.5) is 4.39 Å². The van der Waals surface area contributed by atoms with Crippen LogP contribution in [-0.4, -0.2) is 0 Å². The lowest BCUT2D eigenvalue weighted by atomic mass is 9.78. The molecule has 0 aliphatic heterocycles. The van der Waals surface area contributed by atoms with Crippen LogP contribution in [-0.2, 0) is 6.42 Å². The van der Waals surface area contributed by atoms with Gasteiger partial charge in [0, 0.05) is 11.1 Å². The van der Waals surface area contributed by atoms with E-state index < -0.39 is 0 Å². The molecular formula is C29H29F. The smallest absolute Gasteiger partial charge is 0.123 e. The fourth-order valence-electron chi connectivity index (χ4n) is 4.56. The van der Waals surface area contributed by atoms with Crippen molar-refractivity contribution in [1.29, 1.82) is 0 Å². The molecule has 3 aromatic carbocycles. The van der Waals surface area contributed by atoms with E-state index in [-0.39, 0.29) is 5.82 Å². The molecule has 0 nitrogen and oxygen atoms in total. The van der Waals surface area contributed by atoms with Crippen LogP contribution in [0.25, 0.3) is 10.8 Å². The third kappa shape index (κ3) is 5.39. The summed E-state index contributed by atoms with van der Waals surface area (Å²) in [7, 11) is 0. The maximum absolute atomic E-state index is 13.3. The minimum absolute atomic E-state index is 0.207. The first-order valence-electron chi connectivity index (χ1n) is 11.1. The highest BCUT2D eigenvalue weighted by molar-refractivity contribution is 5.83. The summed E-state index contributed by atoms with van der Waals surface area (Å²) < 4.78 is 13.3. The van der Waals surface area contributed by atoms with Gasteiger partial charge in [0.1, 0.15) is 5.82 Å². The molecule has 0 spiro atoms. The largest absolute Gasteiger partial charge is 0.207 e. The quantitative estimate of drug-likeness (QED) is 0.306. The van der Waals surface area contributed by atoms with Gasteiger partial charge in [-0.1, -0.05) is 55.0 Å². The van der Waals surface area contributed by atoms with Gasteiger partial charge in [-0.2, -0.15) is 0 Å². The average Bonchev–Trinajstić information content (AvgIpc) is 2.78. The van der Waals surface area contributed by atoms with E-state index in [4.69, 9.17) is 0 Å². The number of allylic oxidation sites excluding steroid dienone is 1. The second-order valence-corrected chi connectivity index (χ2v) is 8.60. The first-order chi connectivity index (χ1) is 14.7. The van der Waals surface area contributed by atoms with Crippen LogP contribution in [0.15, 0.2) is 73.3 Å². The van der Waals surface area contributed by atoms with Gasteiger partial charge in [-0.05, 0) is 96.7 Å². The molecule has 0 N–H and O–H groups in total. The number of hydrogen-bond acceptors (Lipinski definition) is 0. The molecule has 3 aromatic rings. The van der Waals surface area contributed by atoms with E-state index in [0.29, 0.717) is 0 Å². The molecule has 1 saturated carbocycles. The second-order valence-electron chi connectivity index (χ2n) is 8.60. The minimum Gasteiger partial charge on any atom is -0.207 e. The molecule has 30 heavy (non-hydrogen) atoms. The summed E-state index contributed by atoms with van der Waals surface area (Å²) in [6.07, 6.45) is 11.2. The Morgan fingerprint density at radius 3 is 2.20 bits per heavy atom. The molecule has 1 aliphatic carbocycles. The van der Waals surface area contributed by atoms with Crippen molar-refractivity contribution in [3.05, 3.63) is 95.8 Å². The number of aryl methyl sites for hydroxylation is 1. The first kappa shape index (κ1) is 20.4. The van der Waals surface area contributed by atoms with Crippen molar-refractivity contribution in [1.82, 2.24) is 0 Å². The fraction of sp³-hybridized carbons (Fsp3) is 0.310. The van der Waals surface area contributed by atoms with Gasteiger partial charge in [0.15, 0.2) is 0 Å². The van der Waals surface area contributed by atoms with E-state index in [0.717, 1.165) is 40.2 Å². The van der Waals surface area contributed by atoms with Gasteiger partial charge in [-0.25, -0.2) is 4.39 Å². The van der Waals surface area contributed by atoms with Crippen molar-refractivity contribution >= 4 is 10.8 Å². The zero-order valence-electron chi connectivity index (χ0n) is 17.5. The fourth-order valence-corrected chi connectivity index (χ4v) is 4.56. The standard InChI is InChI=1S/C29H29F/c1-2-3-22-4-6-23(7-5-22)8-9-24-10-12-25(13-11-24)14-15-26-16-17-28-21-29(30)19-18-27(28)20-26/h2,10-13,16-23H,1,3-9H2. The molecule has 4 rings (SSSR count). The number of rotatable bonds is 5. The zero-order valence-corrected chi connectivity index (χ0v) is 17.5. The van der Waals surface area contributed by atoms with Crippen molar-refractivity contribution < 1.29 is 4.39 Å². The van der Waals surface area contributed by atoms with Crippen LogP contribution in [0.1, 0.15) is 55.2 Å². The molecule has 1 aliphatic rings. The number of hydrogen-bond donors (Lipinski definition) is 0. The highest BCUT2D eigenvalue weighted by Gasteiger charge is 2.19. The van der Waals surface area contributed by atoms with E-state index >= 15 is 0 Å². The van der Waals surface area contributed by atoms with E-state index in [9.17, 15) is 4.39 Å².